The van der Waals surface area contributed by atoms with E-state index in [1.807, 2.05) is 18.3 Å². The second-order valence-corrected chi connectivity index (χ2v) is 16.1. The van der Waals surface area contributed by atoms with Crippen LogP contribution in [0.2, 0.25) is 5.02 Å². The Labute approximate surface area is 319 Å². The topological polar surface area (TPSA) is 87.2 Å². The highest BCUT2D eigenvalue weighted by atomic mass is 35.5. The van der Waals surface area contributed by atoms with E-state index in [0.717, 1.165) is 73.8 Å². The highest BCUT2D eigenvalue weighted by Gasteiger charge is 2.60. The quantitative estimate of drug-likeness (QED) is 0.201. The second-order valence-electron chi connectivity index (χ2n) is 15.7. The second kappa shape index (κ2) is 15.5. The van der Waals surface area contributed by atoms with Crippen LogP contribution in [-0.4, -0.2) is 55.5 Å². The molecule has 12 heteroatoms. The number of rotatable bonds is 9. The Morgan fingerprint density at radius 1 is 1.06 bits per heavy atom. The van der Waals surface area contributed by atoms with Gasteiger partial charge in [0.25, 0.3) is 0 Å². The number of hydrogen-bond acceptors (Lipinski definition) is 7. The predicted molar refractivity (Wildman–Crippen MR) is 198 cm³/mol. The number of fused-ring (bicyclic) bond motifs is 3. The third-order valence-electron chi connectivity index (χ3n) is 12.3. The Bertz CT molecular complexity index is 1860. The van der Waals surface area contributed by atoms with E-state index in [0.29, 0.717) is 43.5 Å². The van der Waals surface area contributed by atoms with Crippen molar-refractivity contribution in [2.45, 2.75) is 107 Å². The number of methoxy groups -OCH3 is 1. The summed E-state index contributed by atoms with van der Waals surface area (Å²) in [6.07, 6.45) is 2.18. The van der Waals surface area contributed by atoms with Crippen molar-refractivity contribution in [2.75, 3.05) is 31.8 Å². The van der Waals surface area contributed by atoms with Gasteiger partial charge in [0, 0.05) is 33.7 Å². The van der Waals surface area contributed by atoms with Gasteiger partial charge in [-0.25, -0.2) is 4.79 Å². The number of esters is 1. The molecule has 3 aromatic rings. The lowest BCUT2D eigenvalue weighted by molar-refractivity contribution is -0.183. The highest BCUT2D eigenvalue weighted by molar-refractivity contribution is 6.31. The number of alkyl halides is 3. The number of ether oxygens (including phenoxy) is 4. The molecule has 8 nitrogen and oxygen atoms in total. The van der Waals surface area contributed by atoms with Crippen molar-refractivity contribution in [1.29, 1.82) is 0 Å². The Hall–Kier alpha value is -3.67. The first-order valence-corrected chi connectivity index (χ1v) is 19.5. The fourth-order valence-corrected chi connectivity index (χ4v) is 9.89. The fraction of sp³-hybridized carbons (Fsp3) is 0.548. The number of hydrogen-bond donors (Lipinski definition) is 0. The van der Waals surface area contributed by atoms with Crippen LogP contribution in [0, 0.1) is 11.8 Å². The van der Waals surface area contributed by atoms with Crippen molar-refractivity contribution in [3.8, 4) is 5.75 Å². The van der Waals surface area contributed by atoms with E-state index in [4.69, 9.17) is 30.5 Å². The van der Waals surface area contributed by atoms with Crippen LogP contribution in [0.25, 0.3) is 0 Å². The number of benzene rings is 2. The van der Waals surface area contributed by atoms with Gasteiger partial charge in [-0.1, -0.05) is 43.6 Å². The summed E-state index contributed by atoms with van der Waals surface area (Å²) in [5.41, 5.74) is 2.93. The fourth-order valence-electron chi connectivity index (χ4n) is 9.70. The van der Waals surface area contributed by atoms with Gasteiger partial charge in [-0.15, -0.1) is 0 Å². The van der Waals surface area contributed by atoms with Crippen LogP contribution >= 0.6 is 11.6 Å². The lowest BCUT2D eigenvalue weighted by atomic mass is 9.59. The Balaban J connectivity index is 1.22. The van der Waals surface area contributed by atoms with E-state index < -0.39 is 35.3 Å². The summed E-state index contributed by atoms with van der Waals surface area (Å²) in [5, 5.41) is 0.141. The van der Waals surface area contributed by atoms with E-state index in [-0.39, 0.29) is 35.4 Å². The summed E-state index contributed by atoms with van der Waals surface area (Å²) < 4.78 is 66.9. The zero-order valence-electron chi connectivity index (χ0n) is 31.1. The molecule has 0 unspecified atom stereocenters. The van der Waals surface area contributed by atoms with Crippen molar-refractivity contribution in [1.82, 2.24) is 4.98 Å². The van der Waals surface area contributed by atoms with Gasteiger partial charge in [0.05, 0.1) is 26.9 Å². The van der Waals surface area contributed by atoms with Gasteiger partial charge in [-0.3, -0.25) is 14.7 Å². The summed E-state index contributed by atoms with van der Waals surface area (Å²) in [5.74, 6) is -1.54. The van der Waals surface area contributed by atoms with Crippen molar-refractivity contribution >= 4 is 29.2 Å². The van der Waals surface area contributed by atoms with Crippen molar-refractivity contribution in [3.05, 3.63) is 87.7 Å². The summed E-state index contributed by atoms with van der Waals surface area (Å²) in [4.78, 5) is 32.4. The number of carbonyl (C=O) groups is 2. The molecule has 0 radical (unpaired) electrons. The third kappa shape index (κ3) is 7.23. The molecule has 2 fully saturated rings. The van der Waals surface area contributed by atoms with Crippen molar-refractivity contribution in [3.63, 3.8) is 0 Å². The van der Waals surface area contributed by atoms with Crippen LogP contribution in [0.4, 0.5) is 18.9 Å². The van der Waals surface area contributed by atoms with Gasteiger partial charge in [0.2, 0.25) is 0 Å². The average Bonchev–Trinajstić information content (AvgIpc) is 3.45. The van der Waals surface area contributed by atoms with Crippen LogP contribution in [0.15, 0.2) is 54.7 Å². The smallest absolute Gasteiger partial charge is 0.471 e. The van der Waals surface area contributed by atoms with Gasteiger partial charge < -0.3 is 18.9 Å². The molecule has 1 amide bonds. The van der Waals surface area contributed by atoms with Crippen LogP contribution in [0.5, 0.6) is 5.75 Å². The van der Waals surface area contributed by atoms with Gasteiger partial charge in [0.15, 0.2) is 6.29 Å². The Morgan fingerprint density at radius 3 is 2.52 bits per heavy atom. The number of nitrogens with zero attached hydrogens (tertiary/aromatic N) is 2. The summed E-state index contributed by atoms with van der Waals surface area (Å²) >= 11 is 6.24. The highest BCUT2D eigenvalue weighted by Crippen LogP contribution is 2.58. The molecule has 1 aromatic heterocycles. The predicted octanol–water partition coefficient (Wildman–Crippen LogP) is 9.21. The van der Waals surface area contributed by atoms with E-state index in [1.165, 1.54) is 29.8 Å². The zero-order chi connectivity index (χ0) is 38.3. The molecule has 2 aromatic carbocycles. The number of aryl methyl sites for hydroxylation is 1. The Kier molecular flexibility index (Phi) is 11.1. The molecule has 1 saturated heterocycles. The van der Waals surface area contributed by atoms with Crippen molar-refractivity contribution < 1.29 is 41.7 Å². The molecular weight excluding hydrogens is 721 g/mol. The Morgan fingerprint density at radius 2 is 1.81 bits per heavy atom. The van der Waals surface area contributed by atoms with Crippen LogP contribution < -0.4 is 9.64 Å². The molecule has 1 spiro atoms. The first kappa shape index (κ1) is 38.6. The minimum Gasteiger partial charge on any atom is -0.493 e. The minimum absolute atomic E-state index is 0.0451. The van der Waals surface area contributed by atoms with Gasteiger partial charge in [-0.05, 0) is 129 Å². The van der Waals surface area contributed by atoms with E-state index in [2.05, 4.69) is 31.0 Å². The largest absolute Gasteiger partial charge is 0.493 e. The van der Waals surface area contributed by atoms with Gasteiger partial charge in [0.1, 0.15) is 11.3 Å². The van der Waals surface area contributed by atoms with Crippen molar-refractivity contribution in [2.24, 2.45) is 11.8 Å². The standard InChI is InChI=1S/C42H48ClF3N2O6/c1-26(25-54-35-13-18-47-34-10-4-7-27(2)36(34)35)21-30-22-28-11-12-29(37-52-19-6-20-53-37)23-33(28)40(30)14-16-41(17-15-40,39(50)51-3)48(38(49)42(44,45)46)32-9-5-8-31(43)24-32/h5,8-9,11-13,18,23-24,26-27,30,37H,4,6-7,10,14-17,19-22,25H2,1-3H3/t26-,27-,30-,40?,41?/m1/s1. The minimum atomic E-state index is -5.25. The molecule has 1 saturated carbocycles. The molecule has 3 aliphatic carbocycles. The SMILES string of the molecule is COC(=O)C1(N(C(=O)C(F)(F)F)c2cccc(Cl)c2)CCC2(CC1)c1cc(C3OCCCO3)ccc1C[C@H]2C[C@@H](C)COc1ccnc2c1[C@H](C)CCC2. The molecule has 0 bridgehead atoms. The summed E-state index contributed by atoms with van der Waals surface area (Å²) in [6, 6.07) is 13.9. The monoisotopic (exact) mass is 768 g/mol. The van der Waals surface area contributed by atoms with E-state index in [1.54, 1.807) is 0 Å². The summed E-state index contributed by atoms with van der Waals surface area (Å²) in [7, 11) is 1.15. The van der Waals surface area contributed by atoms with Crippen LogP contribution in [-0.2, 0) is 42.1 Å². The molecular formula is C42H48ClF3N2O6. The molecule has 54 heavy (non-hydrogen) atoms. The normalized spacial score (nSPS) is 26.1. The van der Waals surface area contributed by atoms with Gasteiger partial charge in [-0.2, -0.15) is 13.2 Å². The lowest BCUT2D eigenvalue weighted by Crippen LogP contribution is -2.63. The first-order valence-electron chi connectivity index (χ1n) is 19.1. The molecule has 4 aliphatic rings. The molecule has 7 rings (SSSR count). The third-order valence-corrected chi connectivity index (χ3v) is 12.5. The van der Waals surface area contributed by atoms with Gasteiger partial charge >= 0.3 is 18.1 Å². The van der Waals surface area contributed by atoms with E-state index in [9.17, 15) is 22.8 Å². The maximum absolute atomic E-state index is 14.4. The zero-order valence-corrected chi connectivity index (χ0v) is 31.8. The number of pyridine rings is 1. The molecule has 290 valence electrons. The van der Waals surface area contributed by atoms with E-state index >= 15 is 0 Å². The summed E-state index contributed by atoms with van der Waals surface area (Å²) in [6.45, 7) is 6.06. The average molecular weight is 769 g/mol. The molecule has 0 N–H and O–H groups in total. The number of aromatic nitrogens is 1. The maximum Gasteiger partial charge on any atom is 0.471 e. The number of amides is 1. The first-order chi connectivity index (χ1) is 25.9. The number of carbonyl (C=O) groups excluding carboxylic acids is 2. The number of halogens is 4. The molecule has 2 heterocycles. The lowest BCUT2D eigenvalue weighted by Gasteiger charge is -2.51. The number of anilines is 1. The maximum atomic E-state index is 14.4. The van der Waals surface area contributed by atoms with Crippen LogP contribution in [0.1, 0.15) is 105 Å². The molecule has 3 atom stereocenters. The molecule has 1 aliphatic heterocycles. The van der Waals surface area contributed by atoms with Crippen LogP contribution in [0.3, 0.4) is 0 Å².